The van der Waals surface area contributed by atoms with Gasteiger partial charge in [-0.3, -0.25) is 4.90 Å². The van der Waals surface area contributed by atoms with Crippen molar-refractivity contribution in [2.45, 2.75) is 20.0 Å². The van der Waals surface area contributed by atoms with Crippen molar-refractivity contribution in [1.82, 2.24) is 4.90 Å². The van der Waals surface area contributed by atoms with Gasteiger partial charge < -0.3 is 31.9 Å². The highest BCUT2D eigenvalue weighted by Gasteiger charge is 2.26. The van der Waals surface area contributed by atoms with Crippen LogP contribution in [0.15, 0.2) is 18.2 Å². The Hall–Kier alpha value is -1.21. The van der Waals surface area contributed by atoms with Crippen LogP contribution in [0.2, 0.25) is 5.02 Å². The smallest absolute Gasteiger partial charge is 0.410 e. The number of nitrogens with zero attached hydrogens (tertiary/aromatic N) is 1. The topological polar surface area (TPSA) is 63.4 Å². The molecule has 2 N–H and O–H groups in total. The van der Waals surface area contributed by atoms with Crippen LogP contribution in [-0.2, 0) is 4.74 Å². The van der Waals surface area contributed by atoms with Gasteiger partial charge in [-0.25, -0.2) is 4.79 Å². The van der Waals surface area contributed by atoms with Gasteiger partial charge in [0.15, 0.2) is 0 Å². The van der Waals surface area contributed by atoms with Gasteiger partial charge in [0.05, 0.1) is 32.8 Å². The predicted octanol–water partition coefficient (Wildman–Crippen LogP) is -2.25. The van der Waals surface area contributed by atoms with Crippen molar-refractivity contribution in [2.75, 3.05) is 45.9 Å². The van der Waals surface area contributed by atoms with E-state index >= 15 is 0 Å². The number of amides is 1. The van der Waals surface area contributed by atoms with E-state index in [2.05, 4.69) is 0 Å². The third-order valence-electron chi connectivity index (χ3n) is 4.09. The molecule has 1 heterocycles. The lowest BCUT2D eigenvalue weighted by Crippen LogP contribution is -3.16. The number of hydrogen-bond acceptors (Lipinski definition) is 4. The van der Waals surface area contributed by atoms with Gasteiger partial charge >= 0.3 is 6.09 Å². The fraction of sp³-hybridized carbons (Fsp3) is 0.588. The second-order valence-electron chi connectivity index (χ2n) is 6.01. The average molecular weight is 393 g/mol. The van der Waals surface area contributed by atoms with Crippen LogP contribution in [0.5, 0.6) is 5.75 Å². The van der Waals surface area contributed by atoms with Crippen molar-refractivity contribution in [1.29, 1.82) is 0 Å². The summed E-state index contributed by atoms with van der Waals surface area (Å²) in [5.74, 6) is 0.737. The van der Waals surface area contributed by atoms with Gasteiger partial charge in [-0.1, -0.05) is 11.6 Å². The number of nitrogens with one attached hydrogen (secondary N) is 1. The molecule has 1 aromatic carbocycles. The molecule has 142 valence electrons. The Morgan fingerprint density at radius 2 is 2.08 bits per heavy atom. The number of halogens is 2. The zero-order valence-corrected chi connectivity index (χ0v) is 16.1. The summed E-state index contributed by atoms with van der Waals surface area (Å²) in [6.07, 6.45) is -0.803. The minimum atomic E-state index is -0.552. The number of aliphatic hydroxyl groups excluding tert-OH is 1. The van der Waals surface area contributed by atoms with E-state index in [1.807, 2.05) is 19.1 Å². The minimum absolute atomic E-state index is 0. The van der Waals surface area contributed by atoms with Crippen LogP contribution in [0, 0.1) is 6.92 Å². The van der Waals surface area contributed by atoms with Crippen LogP contribution >= 0.6 is 11.6 Å². The Morgan fingerprint density at radius 1 is 1.40 bits per heavy atom. The van der Waals surface area contributed by atoms with E-state index < -0.39 is 6.10 Å². The van der Waals surface area contributed by atoms with Gasteiger partial charge in [0.1, 0.15) is 25.0 Å². The SMILES string of the molecule is CCOC(=O)N1CC[NH+](CC(O)COc2ccc(Cl)cc2C)CC1.[Cl-]. The number of carbonyl (C=O) groups excluding carboxylic acids is 1. The molecular formula is C17H26Cl2N2O4. The summed E-state index contributed by atoms with van der Waals surface area (Å²) in [5.41, 5.74) is 0.949. The molecule has 1 atom stereocenters. The molecule has 1 aromatic rings. The number of ether oxygens (including phenoxy) is 2. The lowest BCUT2D eigenvalue weighted by Gasteiger charge is -2.32. The third kappa shape index (κ3) is 6.90. The number of aliphatic hydroxyl groups is 1. The van der Waals surface area contributed by atoms with Crippen molar-refractivity contribution in [3.8, 4) is 5.75 Å². The number of rotatable bonds is 6. The lowest BCUT2D eigenvalue weighted by molar-refractivity contribution is -0.907. The number of quaternary nitrogens is 1. The van der Waals surface area contributed by atoms with E-state index in [0.717, 1.165) is 24.4 Å². The standard InChI is InChI=1S/C17H25ClN2O4.ClH/c1-3-23-17(22)20-8-6-19(7-9-20)11-15(21)12-24-16-5-4-14(18)10-13(16)2;/h4-5,10,15,21H,3,6-9,11-12H2,1-2H3;1H. The number of aryl methyl sites for hydroxylation is 1. The molecule has 1 fully saturated rings. The van der Waals surface area contributed by atoms with Crippen molar-refractivity contribution in [3.05, 3.63) is 28.8 Å². The van der Waals surface area contributed by atoms with Crippen LogP contribution < -0.4 is 22.0 Å². The molecule has 2 rings (SSSR count). The third-order valence-corrected chi connectivity index (χ3v) is 4.32. The second-order valence-corrected chi connectivity index (χ2v) is 6.45. The van der Waals surface area contributed by atoms with Gasteiger partial charge in [-0.05, 0) is 37.6 Å². The molecule has 0 radical (unpaired) electrons. The van der Waals surface area contributed by atoms with Gasteiger partial charge in [-0.2, -0.15) is 0 Å². The monoisotopic (exact) mass is 392 g/mol. The predicted molar refractivity (Wildman–Crippen MR) is 91.8 cm³/mol. The number of carbonyl (C=O) groups is 1. The highest BCUT2D eigenvalue weighted by atomic mass is 35.5. The van der Waals surface area contributed by atoms with Crippen LogP contribution in [0.3, 0.4) is 0 Å². The first-order valence-corrected chi connectivity index (χ1v) is 8.69. The van der Waals surface area contributed by atoms with Crippen LogP contribution in [-0.4, -0.2) is 68.1 Å². The maximum absolute atomic E-state index is 11.7. The largest absolute Gasteiger partial charge is 1.00 e. The van der Waals surface area contributed by atoms with Gasteiger partial charge in [0.2, 0.25) is 0 Å². The molecule has 0 aliphatic carbocycles. The van der Waals surface area contributed by atoms with E-state index in [1.54, 1.807) is 17.9 Å². The van der Waals surface area contributed by atoms with E-state index in [1.165, 1.54) is 4.90 Å². The zero-order valence-electron chi connectivity index (χ0n) is 14.6. The van der Waals surface area contributed by atoms with Gasteiger partial charge in [-0.15, -0.1) is 0 Å². The molecule has 1 aliphatic rings. The Morgan fingerprint density at radius 3 is 2.68 bits per heavy atom. The first kappa shape index (κ1) is 21.8. The molecule has 6 nitrogen and oxygen atoms in total. The molecule has 1 amide bonds. The van der Waals surface area contributed by atoms with Gasteiger partial charge in [0, 0.05) is 5.02 Å². The quantitative estimate of drug-likeness (QED) is 0.574. The molecule has 0 aromatic heterocycles. The molecule has 0 spiro atoms. The summed E-state index contributed by atoms with van der Waals surface area (Å²) in [5, 5.41) is 10.9. The number of hydrogen-bond donors (Lipinski definition) is 2. The summed E-state index contributed by atoms with van der Waals surface area (Å²) >= 11 is 5.92. The summed E-state index contributed by atoms with van der Waals surface area (Å²) in [7, 11) is 0. The molecule has 0 saturated carbocycles. The van der Waals surface area contributed by atoms with Crippen LogP contribution in [0.4, 0.5) is 4.79 Å². The summed E-state index contributed by atoms with van der Waals surface area (Å²) in [6.45, 7) is 7.87. The molecule has 8 heteroatoms. The molecule has 1 unspecified atom stereocenters. The Kier molecular flexibility index (Phi) is 9.35. The molecule has 1 aliphatic heterocycles. The minimum Gasteiger partial charge on any atom is -1.00 e. The lowest BCUT2D eigenvalue weighted by atomic mass is 10.2. The maximum atomic E-state index is 11.7. The average Bonchev–Trinajstić information content (AvgIpc) is 2.55. The second kappa shape index (κ2) is 10.7. The zero-order chi connectivity index (χ0) is 17.5. The maximum Gasteiger partial charge on any atom is 0.410 e. The summed E-state index contributed by atoms with van der Waals surface area (Å²) in [6, 6.07) is 5.43. The highest BCUT2D eigenvalue weighted by Crippen LogP contribution is 2.21. The van der Waals surface area contributed by atoms with E-state index in [0.29, 0.717) is 31.3 Å². The molecule has 1 saturated heterocycles. The molecule has 0 bridgehead atoms. The Bertz CT molecular complexity index is 551. The van der Waals surface area contributed by atoms with Crippen LogP contribution in [0.1, 0.15) is 12.5 Å². The van der Waals surface area contributed by atoms with Crippen LogP contribution in [0.25, 0.3) is 0 Å². The van der Waals surface area contributed by atoms with Crippen molar-refractivity contribution in [3.63, 3.8) is 0 Å². The summed E-state index contributed by atoms with van der Waals surface area (Å²) in [4.78, 5) is 14.6. The number of piperazine rings is 1. The normalized spacial score (nSPS) is 16.1. The van der Waals surface area contributed by atoms with E-state index in [-0.39, 0.29) is 25.1 Å². The summed E-state index contributed by atoms with van der Waals surface area (Å²) < 4.78 is 10.7. The first-order valence-electron chi connectivity index (χ1n) is 8.32. The fourth-order valence-electron chi connectivity index (χ4n) is 2.78. The Balaban J connectivity index is 0.00000312. The van der Waals surface area contributed by atoms with Crippen molar-refractivity contribution in [2.24, 2.45) is 0 Å². The van der Waals surface area contributed by atoms with E-state index in [4.69, 9.17) is 21.1 Å². The van der Waals surface area contributed by atoms with Crippen molar-refractivity contribution < 1.29 is 36.7 Å². The fourth-order valence-corrected chi connectivity index (χ4v) is 3.00. The Labute approximate surface area is 160 Å². The molecule has 25 heavy (non-hydrogen) atoms. The first-order chi connectivity index (χ1) is 11.5. The molecular weight excluding hydrogens is 367 g/mol. The van der Waals surface area contributed by atoms with Gasteiger partial charge in [0.25, 0.3) is 0 Å². The highest BCUT2D eigenvalue weighted by molar-refractivity contribution is 6.30. The van der Waals surface area contributed by atoms with Crippen molar-refractivity contribution >= 4 is 17.7 Å². The van der Waals surface area contributed by atoms with E-state index in [9.17, 15) is 9.90 Å². The number of benzene rings is 1.